The summed E-state index contributed by atoms with van der Waals surface area (Å²) in [5.74, 6) is 1.22. The highest BCUT2D eigenvalue weighted by molar-refractivity contribution is 6.33. The Hall–Kier alpha value is -3.26. The van der Waals surface area contributed by atoms with E-state index in [2.05, 4.69) is 30.2 Å². The lowest BCUT2D eigenvalue weighted by atomic mass is 10.2. The number of fused-ring (bicyclic) bond motifs is 1. The van der Waals surface area contributed by atoms with Crippen LogP contribution in [-0.2, 0) is 0 Å². The Kier molecular flexibility index (Phi) is 4.10. The maximum atomic E-state index is 14.2. The number of aromatic nitrogens is 5. The van der Waals surface area contributed by atoms with E-state index in [1.54, 1.807) is 30.5 Å². The Bertz CT molecular complexity index is 1080. The van der Waals surface area contributed by atoms with Crippen LogP contribution in [0.15, 0.2) is 42.9 Å². The summed E-state index contributed by atoms with van der Waals surface area (Å²) in [6, 6.07) is 7.85. The summed E-state index contributed by atoms with van der Waals surface area (Å²) in [5, 5.41) is 3.33. The molecule has 3 heterocycles. The second-order valence-corrected chi connectivity index (χ2v) is 5.72. The molecule has 0 aliphatic rings. The van der Waals surface area contributed by atoms with E-state index in [-0.39, 0.29) is 10.6 Å². The summed E-state index contributed by atoms with van der Waals surface area (Å²) in [7, 11) is 1.52. The predicted molar refractivity (Wildman–Crippen MR) is 96.2 cm³/mol. The minimum Gasteiger partial charge on any atom is -0.481 e. The lowest BCUT2D eigenvalue weighted by Gasteiger charge is -2.05. The zero-order valence-corrected chi connectivity index (χ0v) is 14.3. The van der Waals surface area contributed by atoms with Crippen molar-refractivity contribution in [3.8, 4) is 17.3 Å². The number of nitrogens with one attached hydrogen (secondary N) is 2. The number of aromatic amines is 1. The fourth-order valence-corrected chi connectivity index (χ4v) is 2.76. The highest BCUT2D eigenvalue weighted by Gasteiger charge is 2.16. The number of methoxy groups -OCH3 is 1. The van der Waals surface area contributed by atoms with Crippen LogP contribution in [0.4, 0.5) is 16.0 Å². The predicted octanol–water partition coefficient (Wildman–Crippen LogP) is 3.96. The molecule has 4 rings (SSSR count). The molecule has 0 saturated carbocycles. The molecule has 0 radical (unpaired) electrons. The highest BCUT2D eigenvalue weighted by Crippen LogP contribution is 2.31. The molecule has 0 unspecified atom stereocenters. The molecule has 0 amide bonds. The first-order valence-electron chi connectivity index (χ1n) is 7.58. The summed E-state index contributed by atoms with van der Waals surface area (Å²) >= 11 is 6.13. The van der Waals surface area contributed by atoms with E-state index in [4.69, 9.17) is 16.3 Å². The number of H-pyrrole nitrogens is 1. The van der Waals surface area contributed by atoms with Crippen LogP contribution < -0.4 is 10.1 Å². The molecular formula is C17H12ClFN6O. The number of nitrogens with zero attached hydrogens (tertiary/aromatic N) is 4. The highest BCUT2D eigenvalue weighted by atomic mass is 35.5. The minimum atomic E-state index is -0.459. The number of halogens is 2. The van der Waals surface area contributed by atoms with Crippen molar-refractivity contribution >= 4 is 34.3 Å². The fraction of sp³-hybridized carbons (Fsp3) is 0.0588. The first kappa shape index (κ1) is 16.2. The van der Waals surface area contributed by atoms with Crippen molar-refractivity contribution in [1.29, 1.82) is 0 Å². The fourth-order valence-electron chi connectivity index (χ4n) is 2.51. The lowest BCUT2D eigenvalue weighted by molar-refractivity contribution is 0.397. The molecule has 4 aromatic rings. The first-order chi connectivity index (χ1) is 12.7. The zero-order valence-electron chi connectivity index (χ0n) is 13.5. The molecule has 0 aliphatic carbocycles. The largest absolute Gasteiger partial charge is 0.481 e. The number of benzene rings is 1. The van der Waals surface area contributed by atoms with Crippen LogP contribution in [-0.4, -0.2) is 32.0 Å². The molecule has 0 bridgehead atoms. The zero-order chi connectivity index (χ0) is 18.1. The van der Waals surface area contributed by atoms with Gasteiger partial charge in [0.1, 0.15) is 29.3 Å². The van der Waals surface area contributed by atoms with Gasteiger partial charge in [-0.2, -0.15) is 0 Å². The van der Waals surface area contributed by atoms with Crippen molar-refractivity contribution in [3.63, 3.8) is 0 Å². The van der Waals surface area contributed by atoms with Crippen LogP contribution in [0, 0.1) is 5.82 Å². The molecule has 0 saturated heterocycles. The van der Waals surface area contributed by atoms with E-state index in [1.807, 2.05) is 0 Å². The molecule has 2 N–H and O–H groups in total. The van der Waals surface area contributed by atoms with Gasteiger partial charge in [0.05, 0.1) is 23.2 Å². The molecule has 130 valence electrons. The SMILES string of the molecule is COc1cc(Nc2nccc3[nH]c(-c4c(F)cccc4Cl)nc23)ncn1. The van der Waals surface area contributed by atoms with Crippen LogP contribution in [0.25, 0.3) is 22.4 Å². The van der Waals surface area contributed by atoms with Gasteiger partial charge in [0, 0.05) is 12.3 Å². The number of anilines is 2. The minimum absolute atomic E-state index is 0.208. The molecule has 7 nitrogen and oxygen atoms in total. The Labute approximate surface area is 152 Å². The summed E-state index contributed by atoms with van der Waals surface area (Å²) in [4.78, 5) is 19.9. The van der Waals surface area contributed by atoms with Crippen LogP contribution in [0.5, 0.6) is 5.88 Å². The molecular weight excluding hydrogens is 359 g/mol. The molecule has 3 aromatic heterocycles. The quantitative estimate of drug-likeness (QED) is 0.565. The van der Waals surface area contributed by atoms with Gasteiger partial charge in [0.25, 0.3) is 0 Å². The Morgan fingerprint density at radius 3 is 2.88 bits per heavy atom. The number of hydrogen-bond acceptors (Lipinski definition) is 6. The topological polar surface area (TPSA) is 88.6 Å². The average Bonchev–Trinajstić information content (AvgIpc) is 3.06. The van der Waals surface area contributed by atoms with Crippen LogP contribution in [0.1, 0.15) is 0 Å². The first-order valence-corrected chi connectivity index (χ1v) is 7.95. The van der Waals surface area contributed by atoms with Crippen LogP contribution >= 0.6 is 11.6 Å². The molecule has 1 aromatic carbocycles. The van der Waals surface area contributed by atoms with Crippen molar-refractivity contribution in [1.82, 2.24) is 24.9 Å². The van der Waals surface area contributed by atoms with Gasteiger partial charge < -0.3 is 15.0 Å². The normalized spacial score (nSPS) is 10.9. The number of rotatable bonds is 4. The van der Waals surface area contributed by atoms with Gasteiger partial charge in [-0.25, -0.2) is 24.3 Å². The number of hydrogen-bond donors (Lipinski definition) is 2. The number of pyridine rings is 1. The summed E-state index contributed by atoms with van der Waals surface area (Å²) < 4.78 is 19.3. The van der Waals surface area contributed by atoms with Gasteiger partial charge in [-0.05, 0) is 18.2 Å². The molecule has 9 heteroatoms. The maximum absolute atomic E-state index is 14.2. The van der Waals surface area contributed by atoms with Gasteiger partial charge in [0.15, 0.2) is 5.82 Å². The third kappa shape index (κ3) is 2.91. The van der Waals surface area contributed by atoms with Crippen LogP contribution in [0.3, 0.4) is 0 Å². The summed E-state index contributed by atoms with van der Waals surface area (Å²) in [6.45, 7) is 0. The van der Waals surface area contributed by atoms with Gasteiger partial charge in [-0.15, -0.1) is 0 Å². The molecule has 0 spiro atoms. The summed E-state index contributed by atoms with van der Waals surface area (Å²) in [5.41, 5.74) is 1.41. The third-order valence-electron chi connectivity index (χ3n) is 3.70. The third-order valence-corrected chi connectivity index (χ3v) is 4.01. The molecule has 0 atom stereocenters. The number of ether oxygens (including phenoxy) is 1. The lowest BCUT2D eigenvalue weighted by Crippen LogP contribution is -1.98. The van der Waals surface area contributed by atoms with E-state index < -0.39 is 5.82 Å². The van der Waals surface area contributed by atoms with Gasteiger partial charge in [0.2, 0.25) is 5.88 Å². The molecule has 0 aliphatic heterocycles. The Morgan fingerprint density at radius 2 is 2.08 bits per heavy atom. The Balaban J connectivity index is 1.79. The van der Waals surface area contributed by atoms with Gasteiger partial charge in [-0.3, -0.25) is 0 Å². The van der Waals surface area contributed by atoms with Crippen LogP contribution in [0.2, 0.25) is 5.02 Å². The standard InChI is InChI=1S/C17H12ClFN6O/c1-26-13-7-12(21-8-22-13)24-17-15-11(5-6-20-17)23-16(25-15)14-9(18)3-2-4-10(14)19/h2-8H,1H3,(H,23,25)(H,20,21,22,24). The number of imidazole rings is 1. The van der Waals surface area contributed by atoms with E-state index in [0.717, 1.165) is 0 Å². The smallest absolute Gasteiger partial charge is 0.218 e. The van der Waals surface area contributed by atoms with Gasteiger partial charge >= 0.3 is 0 Å². The van der Waals surface area contributed by atoms with Crippen molar-refractivity contribution in [2.45, 2.75) is 0 Å². The van der Waals surface area contributed by atoms with Gasteiger partial charge in [-0.1, -0.05) is 17.7 Å². The van der Waals surface area contributed by atoms with Crippen molar-refractivity contribution in [2.75, 3.05) is 12.4 Å². The van der Waals surface area contributed by atoms with E-state index in [1.165, 1.54) is 19.5 Å². The average molecular weight is 371 g/mol. The second-order valence-electron chi connectivity index (χ2n) is 5.31. The summed E-state index contributed by atoms with van der Waals surface area (Å²) in [6.07, 6.45) is 2.98. The molecule has 0 fully saturated rings. The maximum Gasteiger partial charge on any atom is 0.218 e. The van der Waals surface area contributed by atoms with E-state index in [9.17, 15) is 4.39 Å². The molecule has 26 heavy (non-hydrogen) atoms. The van der Waals surface area contributed by atoms with Crippen molar-refractivity contribution < 1.29 is 9.13 Å². The van der Waals surface area contributed by atoms with E-state index >= 15 is 0 Å². The van der Waals surface area contributed by atoms with Crippen molar-refractivity contribution in [2.24, 2.45) is 0 Å². The van der Waals surface area contributed by atoms with Crippen molar-refractivity contribution in [3.05, 3.63) is 53.7 Å². The van der Waals surface area contributed by atoms with E-state index in [0.29, 0.717) is 34.4 Å². The Morgan fingerprint density at radius 1 is 1.19 bits per heavy atom. The second kappa shape index (κ2) is 6.57. The monoisotopic (exact) mass is 370 g/mol.